The van der Waals surface area contributed by atoms with Gasteiger partial charge >= 0.3 is 0 Å². The van der Waals surface area contributed by atoms with Gasteiger partial charge in [-0.3, -0.25) is 14.5 Å². The predicted molar refractivity (Wildman–Crippen MR) is 140 cm³/mol. The molecule has 1 heterocycles. The van der Waals surface area contributed by atoms with E-state index < -0.39 is 21.2 Å². The van der Waals surface area contributed by atoms with E-state index in [4.69, 9.17) is 4.74 Å². The third kappa shape index (κ3) is 5.92. The smallest absolute Gasteiger partial charge is 0.284 e. The maximum absolute atomic E-state index is 13.3. The number of carbonyl (C=O) groups excluding carboxylic acids is 2. The lowest BCUT2D eigenvalue weighted by molar-refractivity contribution is -0.121. The number of carbonyl (C=O) groups is 2. The van der Waals surface area contributed by atoms with Crippen molar-refractivity contribution in [3.05, 3.63) is 83.3 Å². The molecule has 0 unspecified atom stereocenters. The minimum Gasteiger partial charge on any atom is -0.497 e. The second-order valence-corrected chi connectivity index (χ2v) is 11.1. The molecule has 3 aromatic rings. The third-order valence-corrected chi connectivity index (χ3v) is 8.07. The van der Waals surface area contributed by atoms with Crippen LogP contribution in [0.15, 0.2) is 92.6 Å². The number of hydrogen-bond acceptors (Lipinski definition) is 6. The van der Waals surface area contributed by atoms with Gasteiger partial charge in [-0.15, -0.1) is 4.40 Å². The molecule has 1 aliphatic rings. The summed E-state index contributed by atoms with van der Waals surface area (Å²) in [6, 6.07) is 21.5. The number of anilines is 2. The average molecular weight is 574 g/mol. The van der Waals surface area contributed by atoms with Crippen LogP contribution in [0.1, 0.15) is 6.42 Å². The van der Waals surface area contributed by atoms with Crippen LogP contribution in [-0.2, 0) is 19.6 Å². The predicted octanol–water partition coefficient (Wildman–Crippen LogP) is 4.68. The molecule has 0 radical (unpaired) electrons. The molecule has 1 saturated heterocycles. The molecular formula is C24H20BrN3O5S2. The Kier molecular flexibility index (Phi) is 7.58. The second-order valence-electron chi connectivity index (χ2n) is 7.40. The minimum atomic E-state index is -4.09. The molecule has 0 bridgehead atoms. The second kappa shape index (κ2) is 10.6. The highest BCUT2D eigenvalue weighted by molar-refractivity contribution is 9.10. The van der Waals surface area contributed by atoms with Crippen LogP contribution in [0.25, 0.3) is 0 Å². The van der Waals surface area contributed by atoms with Crippen molar-refractivity contribution in [3.8, 4) is 5.75 Å². The van der Waals surface area contributed by atoms with Crippen LogP contribution < -0.4 is 15.0 Å². The van der Waals surface area contributed by atoms with Crippen molar-refractivity contribution in [3.63, 3.8) is 0 Å². The molecule has 4 rings (SSSR count). The van der Waals surface area contributed by atoms with Gasteiger partial charge in [0.2, 0.25) is 11.8 Å². The fraction of sp³-hybridized carbons (Fsp3) is 0.125. The lowest BCUT2D eigenvalue weighted by Crippen LogP contribution is -2.33. The summed E-state index contributed by atoms with van der Waals surface area (Å²) >= 11 is 4.23. The van der Waals surface area contributed by atoms with Crippen LogP contribution in [0.4, 0.5) is 11.4 Å². The summed E-state index contributed by atoms with van der Waals surface area (Å²) in [5.41, 5.74) is 1.02. The van der Waals surface area contributed by atoms with E-state index in [1.54, 1.807) is 73.8 Å². The van der Waals surface area contributed by atoms with E-state index >= 15 is 0 Å². The van der Waals surface area contributed by atoms with Gasteiger partial charge in [0.15, 0.2) is 5.17 Å². The molecule has 180 valence electrons. The summed E-state index contributed by atoms with van der Waals surface area (Å²) in [6.07, 6.45) is -0.157. The van der Waals surface area contributed by atoms with E-state index in [9.17, 15) is 18.0 Å². The number of rotatable bonds is 7. The summed E-state index contributed by atoms with van der Waals surface area (Å²) < 4.78 is 35.7. The van der Waals surface area contributed by atoms with Gasteiger partial charge in [-0.2, -0.15) is 8.42 Å². The first-order valence-corrected chi connectivity index (χ1v) is 13.5. The number of ether oxygens (including phenoxy) is 1. The van der Waals surface area contributed by atoms with Gasteiger partial charge in [-0.25, -0.2) is 0 Å². The molecule has 35 heavy (non-hydrogen) atoms. The van der Waals surface area contributed by atoms with Crippen LogP contribution in [0.3, 0.4) is 0 Å². The van der Waals surface area contributed by atoms with Crippen LogP contribution in [0.5, 0.6) is 5.75 Å². The van der Waals surface area contributed by atoms with Crippen LogP contribution >= 0.6 is 27.7 Å². The number of thioether (sulfide) groups is 1. The number of halogens is 1. The molecular weight excluding hydrogens is 554 g/mol. The maximum Gasteiger partial charge on any atom is 0.284 e. The van der Waals surface area contributed by atoms with Gasteiger partial charge in [0.1, 0.15) is 11.0 Å². The third-order valence-electron chi connectivity index (χ3n) is 5.00. The van der Waals surface area contributed by atoms with E-state index in [0.29, 0.717) is 17.1 Å². The lowest BCUT2D eigenvalue weighted by Gasteiger charge is -2.16. The van der Waals surface area contributed by atoms with E-state index in [1.807, 2.05) is 0 Å². The standard InChI is InChI=1S/C24H20BrN3O5S2/c1-33-19-11-9-17(10-12-19)26-22(29)15-21-23(30)28(18-5-3-2-4-6-18)24(34-21)27-35(31,32)20-13-7-16(25)8-14-20/h2-14,21H,15H2,1H3,(H,26,29)/t21-/m1/s1. The Labute approximate surface area is 215 Å². The number of hydrogen-bond donors (Lipinski definition) is 1. The fourth-order valence-electron chi connectivity index (χ4n) is 3.29. The Balaban J connectivity index is 1.59. The Morgan fingerprint density at radius 1 is 1.06 bits per heavy atom. The molecule has 3 aromatic carbocycles. The molecule has 1 aliphatic heterocycles. The molecule has 2 amide bonds. The summed E-state index contributed by atoms with van der Waals surface area (Å²) in [5.74, 6) is -0.155. The molecule has 0 aromatic heterocycles. The number of methoxy groups -OCH3 is 1. The molecule has 0 aliphatic carbocycles. The van der Waals surface area contributed by atoms with Gasteiger partial charge in [0.05, 0.1) is 17.7 Å². The van der Waals surface area contributed by atoms with Crippen molar-refractivity contribution in [1.29, 1.82) is 0 Å². The highest BCUT2D eigenvalue weighted by Gasteiger charge is 2.41. The summed E-state index contributed by atoms with van der Waals surface area (Å²) in [7, 11) is -2.55. The average Bonchev–Trinajstić information content (AvgIpc) is 3.13. The van der Waals surface area contributed by atoms with Gasteiger partial charge in [-0.1, -0.05) is 45.9 Å². The zero-order chi connectivity index (χ0) is 25.0. The van der Waals surface area contributed by atoms with Crippen molar-refractivity contribution in [2.45, 2.75) is 16.6 Å². The van der Waals surface area contributed by atoms with Gasteiger partial charge in [-0.05, 0) is 60.7 Å². The normalized spacial score (nSPS) is 17.0. The Morgan fingerprint density at radius 2 is 1.71 bits per heavy atom. The lowest BCUT2D eigenvalue weighted by atomic mass is 10.2. The Morgan fingerprint density at radius 3 is 2.34 bits per heavy atom. The van der Waals surface area contributed by atoms with Crippen LogP contribution in [0, 0.1) is 0 Å². The highest BCUT2D eigenvalue weighted by atomic mass is 79.9. The molecule has 1 N–H and O–H groups in total. The molecule has 0 saturated carbocycles. The number of sulfonamides is 1. The first kappa shape index (κ1) is 25.0. The quantitative estimate of drug-likeness (QED) is 0.440. The zero-order valence-corrected chi connectivity index (χ0v) is 21.6. The Bertz CT molecular complexity index is 1360. The monoisotopic (exact) mass is 573 g/mol. The van der Waals surface area contributed by atoms with Crippen LogP contribution in [0.2, 0.25) is 0 Å². The van der Waals surface area contributed by atoms with E-state index in [1.165, 1.54) is 17.0 Å². The van der Waals surface area contributed by atoms with Crippen molar-refractivity contribution < 1.29 is 22.7 Å². The summed E-state index contributed by atoms with van der Waals surface area (Å²) in [5, 5.41) is 1.90. The first-order valence-electron chi connectivity index (χ1n) is 10.4. The van der Waals surface area contributed by atoms with Crippen LogP contribution in [-0.4, -0.2) is 37.8 Å². The SMILES string of the molecule is COc1ccc(NC(=O)C[C@H]2SC(=NS(=O)(=O)c3ccc(Br)cc3)N(c3ccccc3)C2=O)cc1. The minimum absolute atomic E-state index is 0.00467. The van der Waals surface area contributed by atoms with Crippen molar-refractivity contribution in [1.82, 2.24) is 0 Å². The highest BCUT2D eigenvalue weighted by Crippen LogP contribution is 2.35. The molecule has 1 atom stereocenters. The Hall–Kier alpha value is -3.15. The molecule has 1 fully saturated rings. The van der Waals surface area contributed by atoms with Gasteiger partial charge in [0, 0.05) is 16.6 Å². The van der Waals surface area contributed by atoms with Gasteiger partial charge in [0.25, 0.3) is 10.0 Å². The van der Waals surface area contributed by atoms with E-state index in [2.05, 4.69) is 25.6 Å². The maximum atomic E-state index is 13.3. The fourth-order valence-corrected chi connectivity index (χ4v) is 5.89. The van der Waals surface area contributed by atoms with Gasteiger partial charge < -0.3 is 10.1 Å². The van der Waals surface area contributed by atoms with Crippen molar-refractivity contribution >= 4 is 66.1 Å². The number of amidine groups is 1. The topological polar surface area (TPSA) is 105 Å². The zero-order valence-electron chi connectivity index (χ0n) is 18.4. The van der Waals surface area contributed by atoms with E-state index in [-0.39, 0.29) is 22.4 Å². The number of nitrogens with zero attached hydrogens (tertiary/aromatic N) is 2. The summed E-state index contributed by atoms with van der Waals surface area (Å²) in [4.78, 5) is 27.2. The van der Waals surface area contributed by atoms with E-state index in [0.717, 1.165) is 16.2 Å². The first-order chi connectivity index (χ1) is 16.8. The summed E-state index contributed by atoms with van der Waals surface area (Å²) in [6.45, 7) is 0. The van der Waals surface area contributed by atoms with Crippen molar-refractivity contribution in [2.24, 2.45) is 4.40 Å². The number of para-hydroxylation sites is 1. The largest absolute Gasteiger partial charge is 0.497 e. The number of amides is 2. The number of benzene rings is 3. The molecule has 8 nitrogen and oxygen atoms in total. The number of nitrogens with one attached hydrogen (secondary N) is 1. The van der Waals surface area contributed by atoms with Crippen molar-refractivity contribution in [2.75, 3.05) is 17.3 Å². The molecule has 11 heteroatoms. The molecule has 0 spiro atoms.